The summed E-state index contributed by atoms with van der Waals surface area (Å²) in [6, 6.07) is 12.0. The number of carbonyl (C=O) groups excluding carboxylic acids is 1. The largest absolute Gasteiger partial charge is 0.464 e. The van der Waals surface area contributed by atoms with E-state index in [0.29, 0.717) is 6.42 Å². The third-order valence-electron chi connectivity index (χ3n) is 4.47. The molecule has 0 aliphatic carbocycles. The van der Waals surface area contributed by atoms with E-state index in [0.717, 1.165) is 39.9 Å². The van der Waals surface area contributed by atoms with Gasteiger partial charge in [-0.2, -0.15) is 0 Å². The highest BCUT2D eigenvalue weighted by molar-refractivity contribution is 5.96. The number of aryl methyl sites for hydroxylation is 2. The van der Waals surface area contributed by atoms with Gasteiger partial charge >= 0.3 is 0 Å². The molecule has 130 valence electrons. The van der Waals surface area contributed by atoms with Gasteiger partial charge in [0, 0.05) is 23.2 Å². The van der Waals surface area contributed by atoms with Crippen molar-refractivity contribution in [3.63, 3.8) is 0 Å². The Morgan fingerprint density at radius 2 is 1.84 bits per heavy atom. The van der Waals surface area contributed by atoms with E-state index in [9.17, 15) is 4.79 Å². The summed E-state index contributed by atoms with van der Waals surface area (Å²) in [6.45, 7) is 4.89. The van der Waals surface area contributed by atoms with Crippen LogP contribution < -0.4 is 5.32 Å². The van der Waals surface area contributed by atoms with Crippen LogP contribution in [-0.2, 0) is 17.8 Å². The Labute approximate surface area is 148 Å². The quantitative estimate of drug-likeness (QED) is 0.756. The lowest BCUT2D eigenvalue weighted by atomic mass is 10.0. The molecule has 4 heteroatoms. The summed E-state index contributed by atoms with van der Waals surface area (Å²) < 4.78 is 5.70. The summed E-state index contributed by atoms with van der Waals surface area (Å²) in [5.74, 6) is -0.0351. The molecule has 0 bridgehead atoms. The fourth-order valence-electron chi connectivity index (χ4n) is 3.01. The van der Waals surface area contributed by atoms with Crippen molar-refractivity contribution in [2.75, 3.05) is 19.4 Å². The number of para-hydroxylation sites is 1. The van der Waals surface area contributed by atoms with Crippen LogP contribution in [0.4, 0.5) is 5.69 Å². The van der Waals surface area contributed by atoms with E-state index in [1.807, 2.05) is 51.4 Å². The Bertz CT molecular complexity index is 909. The fourth-order valence-corrected chi connectivity index (χ4v) is 3.01. The lowest BCUT2D eigenvalue weighted by molar-refractivity contribution is -0.115. The number of fused-ring (bicyclic) bond motifs is 1. The van der Waals surface area contributed by atoms with E-state index in [2.05, 4.69) is 23.2 Å². The van der Waals surface area contributed by atoms with Crippen LogP contribution in [0.2, 0.25) is 0 Å². The highest BCUT2D eigenvalue weighted by Crippen LogP contribution is 2.27. The predicted octanol–water partition coefficient (Wildman–Crippen LogP) is 4.29. The summed E-state index contributed by atoms with van der Waals surface area (Å²) in [4.78, 5) is 14.6. The first-order valence-corrected chi connectivity index (χ1v) is 8.44. The first-order chi connectivity index (χ1) is 12.0. The first-order valence-electron chi connectivity index (χ1n) is 8.44. The topological polar surface area (TPSA) is 45.5 Å². The molecule has 4 nitrogen and oxygen atoms in total. The average Bonchev–Trinajstić information content (AvgIpc) is 2.96. The molecule has 0 unspecified atom stereocenters. The average molecular weight is 336 g/mol. The molecule has 0 saturated heterocycles. The second-order valence-corrected chi connectivity index (χ2v) is 6.76. The van der Waals surface area contributed by atoms with Crippen LogP contribution in [0.5, 0.6) is 0 Å². The molecule has 2 aromatic carbocycles. The second-order valence-electron chi connectivity index (χ2n) is 6.76. The van der Waals surface area contributed by atoms with Gasteiger partial charge in [0.2, 0.25) is 5.91 Å². The smallest absolute Gasteiger partial charge is 0.228 e. The van der Waals surface area contributed by atoms with E-state index >= 15 is 0 Å². The number of benzene rings is 2. The predicted molar refractivity (Wildman–Crippen MR) is 102 cm³/mol. The van der Waals surface area contributed by atoms with Gasteiger partial charge < -0.3 is 14.6 Å². The zero-order valence-electron chi connectivity index (χ0n) is 15.2. The number of hydrogen-bond donors (Lipinski definition) is 1. The number of hydrogen-bond acceptors (Lipinski definition) is 3. The van der Waals surface area contributed by atoms with E-state index < -0.39 is 0 Å². The summed E-state index contributed by atoms with van der Waals surface area (Å²) >= 11 is 0. The van der Waals surface area contributed by atoms with Crippen molar-refractivity contribution in [3.8, 4) is 0 Å². The summed E-state index contributed by atoms with van der Waals surface area (Å²) in [7, 11) is 4.03. The van der Waals surface area contributed by atoms with Crippen molar-refractivity contribution in [3.05, 3.63) is 64.9 Å². The standard InChI is InChI=1S/C21H24N2O2/c1-14-9-10-18-17(13-25-21(18)15(14)2)11-20(24)22-19-8-6-5-7-16(19)12-23(3)4/h5-10,13H,11-12H2,1-4H3,(H,22,24). The van der Waals surface area contributed by atoms with Gasteiger partial charge in [0.25, 0.3) is 0 Å². The Hall–Kier alpha value is -2.59. The third kappa shape index (κ3) is 3.74. The summed E-state index contributed by atoms with van der Waals surface area (Å²) in [5.41, 5.74) is 6.07. The summed E-state index contributed by atoms with van der Waals surface area (Å²) in [5, 5.41) is 4.05. The molecule has 0 aliphatic heterocycles. The van der Waals surface area contributed by atoms with Crippen LogP contribution >= 0.6 is 0 Å². The van der Waals surface area contributed by atoms with Crippen molar-refractivity contribution in [1.82, 2.24) is 4.90 Å². The van der Waals surface area contributed by atoms with Gasteiger partial charge in [0.05, 0.1) is 12.7 Å². The van der Waals surface area contributed by atoms with E-state index in [1.54, 1.807) is 6.26 Å². The molecule has 1 heterocycles. The number of nitrogens with zero attached hydrogens (tertiary/aromatic N) is 1. The minimum atomic E-state index is -0.0351. The highest BCUT2D eigenvalue weighted by atomic mass is 16.3. The Balaban J connectivity index is 1.79. The molecule has 0 saturated carbocycles. The number of furan rings is 1. The van der Waals surface area contributed by atoms with Crippen LogP contribution in [0.1, 0.15) is 22.3 Å². The molecule has 0 spiro atoms. The van der Waals surface area contributed by atoms with Crippen LogP contribution in [0.15, 0.2) is 47.1 Å². The van der Waals surface area contributed by atoms with E-state index in [-0.39, 0.29) is 5.91 Å². The number of carbonyl (C=O) groups is 1. The molecule has 0 aliphatic rings. The molecule has 3 aromatic rings. The van der Waals surface area contributed by atoms with Gasteiger partial charge in [-0.15, -0.1) is 0 Å². The molecule has 1 N–H and O–H groups in total. The van der Waals surface area contributed by atoms with Crippen molar-refractivity contribution in [2.45, 2.75) is 26.8 Å². The molecular weight excluding hydrogens is 312 g/mol. The van der Waals surface area contributed by atoms with Gasteiger partial charge in [0.15, 0.2) is 0 Å². The Morgan fingerprint density at radius 3 is 2.60 bits per heavy atom. The Kier molecular flexibility index (Phi) is 4.91. The maximum absolute atomic E-state index is 12.5. The lowest BCUT2D eigenvalue weighted by Gasteiger charge is -2.14. The van der Waals surface area contributed by atoms with Gasteiger partial charge in [-0.05, 0) is 50.7 Å². The SMILES string of the molecule is Cc1ccc2c(CC(=O)Nc3ccccc3CN(C)C)coc2c1C. The monoisotopic (exact) mass is 336 g/mol. The van der Waals surface area contributed by atoms with Gasteiger partial charge in [0.1, 0.15) is 5.58 Å². The fraction of sp³-hybridized carbons (Fsp3) is 0.286. The van der Waals surface area contributed by atoms with Crippen LogP contribution in [0.3, 0.4) is 0 Å². The van der Waals surface area contributed by atoms with Crippen LogP contribution in [0.25, 0.3) is 11.0 Å². The highest BCUT2D eigenvalue weighted by Gasteiger charge is 2.14. The molecule has 0 fully saturated rings. The lowest BCUT2D eigenvalue weighted by Crippen LogP contribution is -2.18. The molecule has 0 radical (unpaired) electrons. The molecular formula is C21H24N2O2. The maximum Gasteiger partial charge on any atom is 0.228 e. The first kappa shape index (κ1) is 17.2. The zero-order valence-corrected chi connectivity index (χ0v) is 15.2. The van der Waals surface area contributed by atoms with E-state index in [4.69, 9.17) is 4.42 Å². The molecule has 1 aromatic heterocycles. The van der Waals surface area contributed by atoms with E-state index in [1.165, 1.54) is 5.56 Å². The molecule has 25 heavy (non-hydrogen) atoms. The van der Waals surface area contributed by atoms with Crippen molar-refractivity contribution in [1.29, 1.82) is 0 Å². The van der Waals surface area contributed by atoms with Gasteiger partial charge in [-0.3, -0.25) is 4.79 Å². The second kappa shape index (κ2) is 7.11. The number of nitrogens with one attached hydrogen (secondary N) is 1. The number of rotatable bonds is 5. The molecule has 0 atom stereocenters. The van der Waals surface area contributed by atoms with Crippen molar-refractivity contribution >= 4 is 22.6 Å². The normalized spacial score (nSPS) is 11.2. The minimum Gasteiger partial charge on any atom is -0.464 e. The number of amides is 1. The zero-order chi connectivity index (χ0) is 18.0. The van der Waals surface area contributed by atoms with Crippen LogP contribution in [0, 0.1) is 13.8 Å². The molecule has 1 amide bonds. The van der Waals surface area contributed by atoms with Crippen LogP contribution in [-0.4, -0.2) is 24.9 Å². The van der Waals surface area contributed by atoms with Crippen molar-refractivity contribution in [2.24, 2.45) is 0 Å². The molecule has 3 rings (SSSR count). The van der Waals surface area contributed by atoms with Crippen molar-refractivity contribution < 1.29 is 9.21 Å². The van der Waals surface area contributed by atoms with Gasteiger partial charge in [-0.1, -0.05) is 30.3 Å². The Morgan fingerprint density at radius 1 is 1.08 bits per heavy atom. The summed E-state index contributed by atoms with van der Waals surface area (Å²) in [6.07, 6.45) is 1.99. The number of anilines is 1. The maximum atomic E-state index is 12.5. The third-order valence-corrected chi connectivity index (χ3v) is 4.47. The van der Waals surface area contributed by atoms with Gasteiger partial charge in [-0.25, -0.2) is 0 Å². The minimum absolute atomic E-state index is 0.0351.